The van der Waals surface area contributed by atoms with Crippen molar-refractivity contribution >= 4 is 61.1 Å². The molecular formula is C39H28N2P+. The fourth-order valence-corrected chi connectivity index (χ4v) is 11.0. The van der Waals surface area contributed by atoms with Crippen LogP contribution in [0, 0.1) is 0 Å². The zero-order chi connectivity index (χ0) is 27.9. The molecule has 0 aliphatic heterocycles. The smallest absolute Gasteiger partial charge is 0.145 e. The van der Waals surface area contributed by atoms with E-state index < -0.39 is 7.26 Å². The quantitative estimate of drug-likeness (QED) is 0.168. The topological polar surface area (TPSA) is 28.7 Å². The maximum Gasteiger partial charge on any atom is 0.145 e. The molecule has 0 radical (unpaired) electrons. The summed E-state index contributed by atoms with van der Waals surface area (Å²) in [6, 6.07) is 59.2. The van der Waals surface area contributed by atoms with Crippen molar-refractivity contribution in [3.63, 3.8) is 0 Å². The van der Waals surface area contributed by atoms with Crippen LogP contribution in [-0.2, 0) is 0 Å². The monoisotopic (exact) mass is 555 g/mol. The molecule has 0 bridgehead atoms. The summed E-state index contributed by atoms with van der Waals surface area (Å²) in [5, 5.41) is 10.1. The molecule has 0 unspecified atom stereocenters. The van der Waals surface area contributed by atoms with E-state index in [0.717, 1.165) is 22.4 Å². The van der Waals surface area contributed by atoms with Crippen LogP contribution in [0.5, 0.6) is 0 Å². The fourth-order valence-electron chi connectivity index (χ4n) is 6.54. The Bertz CT molecular complexity index is 2020. The zero-order valence-corrected chi connectivity index (χ0v) is 23.9. The van der Waals surface area contributed by atoms with Crippen LogP contribution in [0.2, 0.25) is 0 Å². The molecular weight excluding hydrogens is 527 g/mol. The molecule has 1 heterocycles. The van der Waals surface area contributed by atoms with Crippen LogP contribution in [0.1, 0.15) is 0 Å². The lowest BCUT2D eigenvalue weighted by Gasteiger charge is -2.28. The van der Waals surface area contributed by atoms with Gasteiger partial charge in [-0.1, -0.05) is 115 Å². The minimum absolute atomic E-state index is 0.897. The number of fused-ring (bicyclic) bond motifs is 6. The van der Waals surface area contributed by atoms with Gasteiger partial charge in [-0.2, -0.15) is 0 Å². The number of nitrogens with one attached hydrogen (secondary N) is 1. The first-order chi connectivity index (χ1) is 20.9. The maximum absolute atomic E-state index is 5.38. The SMILES string of the molecule is c1ccc([P+](c2ccccc2)(c2ccccc2)c2ccccc2-c2nc3c4ccccc4c4ccccc4c3[nH]2)cc1. The van der Waals surface area contributed by atoms with Crippen molar-refractivity contribution in [1.29, 1.82) is 0 Å². The second-order valence-electron chi connectivity index (χ2n) is 10.6. The number of H-pyrrole nitrogens is 1. The Balaban J connectivity index is 1.49. The van der Waals surface area contributed by atoms with Crippen LogP contribution in [0.4, 0.5) is 0 Å². The highest BCUT2D eigenvalue weighted by atomic mass is 31.2. The number of hydrogen-bond acceptors (Lipinski definition) is 1. The van der Waals surface area contributed by atoms with Gasteiger partial charge in [0.05, 0.1) is 16.6 Å². The molecule has 1 aromatic heterocycles. The highest BCUT2D eigenvalue weighted by Crippen LogP contribution is 2.56. The van der Waals surface area contributed by atoms with Crippen LogP contribution in [0.3, 0.4) is 0 Å². The molecule has 198 valence electrons. The van der Waals surface area contributed by atoms with Gasteiger partial charge in [0, 0.05) is 10.8 Å². The lowest BCUT2D eigenvalue weighted by atomic mass is 10.0. The summed E-state index contributed by atoms with van der Waals surface area (Å²) < 4.78 is 0. The molecule has 8 rings (SSSR count). The second kappa shape index (κ2) is 10.1. The maximum atomic E-state index is 5.38. The lowest BCUT2D eigenvalue weighted by Crippen LogP contribution is -2.39. The first kappa shape index (κ1) is 24.7. The average molecular weight is 556 g/mol. The molecule has 0 aliphatic rings. The molecule has 0 saturated carbocycles. The van der Waals surface area contributed by atoms with Crippen molar-refractivity contribution in [1.82, 2.24) is 9.97 Å². The Morgan fingerprint density at radius 3 is 1.40 bits per heavy atom. The van der Waals surface area contributed by atoms with E-state index in [1.54, 1.807) is 0 Å². The van der Waals surface area contributed by atoms with Gasteiger partial charge < -0.3 is 4.98 Å². The Kier molecular flexibility index (Phi) is 5.95. The number of benzene rings is 7. The minimum atomic E-state index is -2.31. The molecule has 0 spiro atoms. The van der Waals surface area contributed by atoms with E-state index in [2.05, 4.69) is 169 Å². The van der Waals surface area contributed by atoms with Gasteiger partial charge in [-0.05, 0) is 59.3 Å². The summed E-state index contributed by atoms with van der Waals surface area (Å²) in [6.07, 6.45) is 0. The first-order valence-electron chi connectivity index (χ1n) is 14.3. The first-order valence-corrected chi connectivity index (χ1v) is 16.1. The average Bonchev–Trinajstić information content (AvgIpc) is 3.53. The summed E-state index contributed by atoms with van der Waals surface area (Å²) in [6.45, 7) is 0. The number of hydrogen-bond donors (Lipinski definition) is 1. The molecule has 3 heteroatoms. The third-order valence-corrected chi connectivity index (χ3v) is 12.7. The number of aromatic nitrogens is 2. The highest BCUT2D eigenvalue weighted by Gasteiger charge is 2.49. The highest BCUT2D eigenvalue weighted by molar-refractivity contribution is 8.01. The molecule has 42 heavy (non-hydrogen) atoms. The van der Waals surface area contributed by atoms with Crippen molar-refractivity contribution < 1.29 is 0 Å². The molecule has 0 saturated heterocycles. The zero-order valence-electron chi connectivity index (χ0n) is 23.0. The predicted molar refractivity (Wildman–Crippen MR) is 181 cm³/mol. The molecule has 2 nitrogen and oxygen atoms in total. The summed E-state index contributed by atoms with van der Waals surface area (Å²) >= 11 is 0. The van der Waals surface area contributed by atoms with E-state index in [1.807, 2.05) is 0 Å². The van der Waals surface area contributed by atoms with E-state index in [-0.39, 0.29) is 0 Å². The molecule has 7 aromatic carbocycles. The Morgan fingerprint density at radius 1 is 0.405 bits per heavy atom. The van der Waals surface area contributed by atoms with E-state index in [0.29, 0.717) is 0 Å². The normalized spacial score (nSPS) is 11.8. The lowest BCUT2D eigenvalue weighted by molar-refractivity contribution is 1.35. The summed E-state index contributed by atoms with van der Waals surface area (Å²) in [5.74, 6) is 0.897. The van der Waals surface area contributed by atoms with Gasteiger partial charge in [0.15, 0.2) is 0 Å². The number of imidazole rings is 1. The number of nitrogens with zero attached hydrogens (tertiary/aromatic N) is 1. The van der Waals surface area contributed by atoms with Crippen molar-refractivity contribution in [2.75, 3.05) is 0 Å². The number of aromatic amines is 1. The van der Waals surface area contributed by atoms with Crippen LogP contribution in [0.15, 0.2) is 164 Å². The molecule has 0 amide bonds. The fraction of sp³-hybridized carbons (Fsp3) is 0. The molecule has 0 fully saturated rings. The van der Waals surface area contributed by atoms with Crippen molar-refractivity contribution in [3.8, 4) is 11.4 Å². The summed E-state index contributed by atoms with van der Waals surface area (Å²) in [4.78, 5) is 9.20. The Labute approximate surface area is 245 Å². The van der Waals surface area contributed by atoms with E-state index in [4.69, 9.17) is 4.98 Å². The minimum Gasteiger partial charge on any atom is -0.337 e. The van der Waals surface area contributed by atoms with Crippen LogP contribution >= 0.6 is 7.26 Å². The third kappa shape index (κ3) is 3.73. The van der Waals surface area contributed by atoms with E-state index in [9.17, 15) is 0 Å². The molecule has 0 atom stereocenters. The van der Waals surface area contributed by atoms with Crippen LogP contribution in [0.25, 0.3) is 44.0 Å². The van der Waals surface area contributed by atoms with Crippen molar-refractivity contribution in [2.24, 2.45) is 0 Å². The van der Waals surface area contributed by atoms with Crippen LogP contribution < -0.4 is 21.2 Å². The Morgan fingerprint density at radius 2 is 0.833 bits per heavy atom. The Hall–Kier alpha value is -5.04. The standard InChI is InChI=1S/C39H28N2P/c1-4-16-28(17-5-1)42(29-18-6-2-7-19-29,30-20-8-3-9-21-30)36-27-15-14-26-35(36)39-40-37-33-24-12-10-22-31(33)32-23-11-13-25-34(32)38(37)41-39/h1-27H,(H,40,41)/q+1. The van der Waals surface area contributed by atoms with Crippen molar-refractivity contribution in [3.05, 3.63) is 164 Å². The predicted octanol–water partition coefficient (Wildman–Crippen LogP) is 8.16. The van der Waals surface area contributed by atoms with E-state index in [1.165, 1.54) is 42.8 Å². The third-order valence-electron chi connectivity index (χ3n) is 8.32. The van der Waals surface area contributed by atoms with Gasteiger partial charge in [-0.3, -0.25) is 0 Å². The van der Waals surface area contributed by atoms with E-state index >= 15 is 0 Å². The van der Waals surface area contributed by atoms with Gasteiger partial charge in [-0.25, -0.2) is 4.98 Å². The molecule has 8 aromatic rings. The molecule has 1 N–H and O–H groups in total. The van der Waals surface area contributed by atoms with Gasteiger partial charge in [0.2, 0.25) is 0 Å². The second-order valence-corrected chi connectivity index (χ2v) is 14.0. The van der Waals surface area contributed by atoms with Gasteiger partial charge >= 0.3 is 0 Å². The van der Waals surface area contributed by atoms with Crippen LogP contribution in [-0.4, -0.2) is 9.97 Å². The summed E-state index contributed by atoms with van der Waals surface area (Å²) in [5.41, 5.74) is 3.22. The van der Waals surface area contributed by atoms with Crippen molar-refractivity contribution in [2.45, 2.75) is 0 Å². The molecule has 0 aliphatic carbocycles. The largest absolute Gasteiger partial charge is 0.337 e. The number of rotatable bonds is 5. The van der Waals surface area contributed by atoms with Gasteiger partial charge in [0.25, 0.3) is 0 Å². The summed E-state index contributed by atoms with van der Waals surface area (Å²) in [7, 11) is -2.31. The van der Waals surface area contributed by atoms with Gasteiger partial charge in [-0.15, -0.1) is 0 Å². The van der Waals surface area contributed by atoms with Gasteiger partial charge in [0.1, 0.15) is 34.3 Å².